The summed E-state index contributed by atoms with van der Waals surface area (Å²) in [5.74, 6) is -0.175. The van der Waals surface area contributed by atoms with E-state index in [4.69, 9.17) is 0 Å². The zero-order chi connectivity index (χ0) is 18.4. The van der Waals surface area contributed by atoms with E-state index in [0.717, 1.165) is 11.1 Å². The normalized spacial score (nSPS) is 17.1. The maximum Gasteiger partial charge on any atom is 0.244 e. The van der Waals surface area contributed by atoms with Crippen molar-refractivity contribution in [3.8, 4) is 0 Å². The lowest BCUT2D eigenvalue weighted by Gasteiger charge is -2.35. The van der Waals surface area contributed by atoms with Crippen molar-refractivity contribution in [3.05, 3.63) is 48.0 Å². The maximum absolute atomic E-state index is 12.6. The molecule has 1 aliphatic heterocycles. The molecule has 1 saturated heterocycles. The van der Waals surface area contributed by atoms with Gasteiger partial charge in [0.1, 0.15) is 6.04 Å². The van der Waals surface area contributed by atoms with Crippen molar-refractivity contribution in [2.45, 2.75) is 32.5 Å². The van der Waals surface area contributed by atoms with Crippen LogP contribution in [0.1, 0.15) is 17.5 Å². The van der Waals surface area contributed by atoms with Gasteiger partial charge in [0.05, 0.1) is 6.20 Å². The molecule has 2 N–H and O–H groups in total. The van der Waals surface area contributed by atoms with Crippen LogP contribution in [0.5, 0.6) is 0 Å². The Morgan fingerprint density at radius 3 is 3.00 bits per heavy atom. The van der Waals surface area contributed by atoms with Crippen molar-refractivity contribution >= 4 is 11.8 Å². The molecule has 0 bridgehead atoms. The van der Waals surface area contributed by atoms with Crippen molar-refractivity contribution in [2.24, 2.45) is 0 Å². The van der Waals surface area contributed by atoms with Crippen molar-refractivity contribution in [1.29, 1.82) is 0 Å². The van der Waals surface area contributed by atoms with E-state index in [2.05, 4.69) is 20.7 Å². The summed E-state index contributed by atoms with van der Waals surface area (Å²) in [6, 6.07) is 3.24. The van der Waals surface area contributed by atoms with Gasteiger partial charge >= 0.3 is 0 Å². The van der Waals surface area contributed by atoms with Gasteiger partial charge in [0.2, 0.25) is 11.8 Å². The van der Waals surface area contributed by atoms with Gasteiger partial charge in [-0.05, 0) is 24.1 Å². The maximum atomic E-state index is 12.6. The van der Waals surface area contributed by atoms with E-state index in [9.17, 15) is 9.59 Å². The van der Waals surface area contributed by atoms with Crippen LogP contribution in [0.25, 0.3) is 0 Å². The van der Waals surface area contributed by atoms with E-state index in [1.807, 2.05) is 25.3 Å². The predicted molar refractivity (Wildman–Crippen MR) is 96.0 cm³/mol. The van der Waals surface area contributed by atoms with E-state index in [1.54, 1.807) is 28.2 Å². The van der Waals surface area contributed by atoms with Crippen molar-refractivity contribution < 1.29 is 9.59 Å². The monoisotopic (exact) mass is 356 g/mol. The second-order valence-electron chi connectivity index (χ2n) is 6.42. The summed E-state index contributed by atoms with van der Waals surface area (Å²) >= 11 is 0. The van der Waals surface area contributed by atoms with E-state index in [1.165, 1.54) is 0 Å². The van der Waals surface area contributed by atoms with E-state index >= 15 is 0 Å². The second-order valence-corrected chi connectivity index (χ2v) is 6.42. The fourth-order valence-electron chi connectivity index (χ4n) is 2.99. The molecule has 3 rings (SSSR count). The van der Waals surface area contributed by atoms with Crippen molar-refractivity contribution in [1.82, 2.24) is 30.3 Å². The summed E-state index contributed by atoms with van der Waals surface area (Å²) < 4.78 is 1.76. The Labute approximate surface area is 152 Å². The van der Waals surface area contributed by atoms with Gasteiger partial charge < -0.3 is 15.5 Å². The molecule has 1 fully saturated rings. The Kier molecular flexibility index (Phi) is 5.96. The summed E-state index contributed by atoms with van der Waals surface area (Å²) in [5.41, 5.74) is 1.99. The quantitative estimate of drug-likeness (QED) is 0.766. The largest absolute Gasteiger partial charge is 0.350 e. The molecule has 2 aromatic heterocycles. The molecule has 0 aromatic carbocycles. The number of pyridine rings is 1. The van der Waals surface area contributed by atoms with Gasteiger partial charge in [-0.1, -0.05) is 6.07 Å². The van der Waals surface area contributed by atoms with Gasteiger partial charge in [-0.25, -0.2) is 0 Å². The minimum absolute atomic E-state index is 0.0267. The molecule has 1 aliphatic rings. The van der Waals surface area contributed by atoms with Gasteiger partial charge in [-0.3, -0.25) is 19.3 Å². The number of carbonyl (C=O) groups excluding carboxylic acids is 2. The molecule has 0 saturated carbocycles. The first-order valence-corrected chi connectivity index (χ1v) is 8.79. The fraction of sp³-hybridized carbons (Fsp3) is 0.444. The smallest absolute Gasteiger partial charge is 0.244 e. The zero-order valence-corrected chi connectivity index (χ0v) is 14.9. The van der Waals surface area contributed by atoms with Crippen LogP contribution < -0.4 is 10.6 Å². The second kappa shape index (κ2) is 8.57. The number of rotatable bonds is 6. The van der Waals surface area contributed by atoms with Crippen LogP contribution in [0.4, 0.5) is 0 Å². The molecular weight excluding hydrogens is 332 g/mol. The molecule has 0 spiro atoms. The minimum atomic E-state index is -0.493. The summed E-state index contributed by atoms with van der Waals surface area (Å²) in [5, 5.41) is 10.3. The van der Waals surface area contributed by atoms with Gasteiger partial charge in [0.25, 0.3) is 0 Å². The average Bonchev–Trinajstić information content (AvgIpc) is 3.10. The number of aromatic nitrogens is 3. The summed E-state index contributed by atoms with van der Waals surface area (Å²) in [6.45, 7) is 4.56. The Morgan fingerprint density at radius 2 is 2.27 bits per heavy atom. The Bertz CT molecular complexity index is 745. The fourth-order valence-corrected chi connectivity index (χ4v) is 2.99. The van der Waals surface area contributed by atoms with Gasteiger partial charge in [0.15, 0.2) is 0 Å². The number of hydrogen-bond acceptors (Lipinski definition) is 5. The molecule has 1 atom stereocenters. The van der Waals surface area contributed by atoms with Crippen LogP contribution in [0, 0.1) is 6.92 Å². The third kappa shape index (κ3) is 4.66. The molecular formula is C18H24N6O2. The number of nitrogens with one attached hydrogen (secondary N) is 2. The molecule has 2 amide bonds. The minimum Gasteiger partial charge on any atom is -0.350 e. The first-order valence-electron chi connectivity index (χ1n) is 8.79. The molecule has 8 heteroatoms. The van der Waals surface area contributed by atoms with Crippen LogP contribution in [0.2, 0.25) is 0 Å². The first-order chi connectivity index (χ1) is 12.6. The zero-order valence-electron chi connectivity index (χ0n) is 14.9. The Hall–Kier alpha value is -2.74. The van der Waals surface area contributed by atoms with E-state index in [0.29, 0.717) is 39.1 Å². The Morgan fingerprint density at radius 1 is 1.38 bits per heavy atom. The topological polar surface area (TPSA) is 92.2 Å². The molecule has 2 aromatic rings. The molecule has 0 aliphatic carbocycles. The van der Waals surface area contributed by atoms with Crippen LogP contribution in [0.3, 0.4) is 0 Å². The average molecular weight is 356 g/mol. The summed E-state index contributed by atoms with van der Waals surface area (Å²) in [4.78, 5) is 30.9. The van der Waals surface area contributed by atoms with Crippen LogP contribution in [0.15, 0.2) is 36.9 Å². The number of amides is 2. The van der Waals surface area contributed by atoms with Crippen molar-refractivity contribution in [3.63, 3.8) is 0 Å². The van der Waals surface area contributed by atoms with Gasteiger partial charge in [-0.15, -0.1) is 0 Å². The Balaban J connectivity index is 1.55. The lowest BCUT2D eigenvalue weighted by molar-refractivity contribution is -0.141. The van der Waals surface area contributed by atoms with E-state index < -0.39 is 6.04 Å². The van der Waals surface area contributed by atoms with Gasteiger partial charge in [0, 0.05) is 57.7 Å². The number of aryl methyl sites for hydroxylation is 2. The lowest BCUT2D eigenvalue weighted by atomic mass is 10.1. The number of nitrogens with zero attached hydrogens (tertiary/aromatic N) is 4. The lowest BCUT2D eigenvalue weighted by Crippen LogP contribution is -2.59. The van der Waals surface area contributed by atoms with E-state index in [-0.39, 0.29) is 11.8 Å². The van der Waals surface area contributed by atoms with Crippen LogP contribution in [-0.2, 0) is 22.7 Å². The standard InChI is InChI=1S/C18H24N6O2/c1-14-9-22-23(13-14)7-4-17(25)24-8-6-20-12-16(24)18(26)21-11-15-3-2-5-19-10-15/h2-3,5,9-10,13,16,20H,4,6-8,11-12H2,1H3,(H,21,26)/t16-/m1/s1. The molecule has 138 valence electrons. The molecule has 26 heavy (non-hydrogen) atoms. The highest BCUT2D eigenvalue weighted by Gasteiger charge is 2.31. The number of carbonyl (C=O) groups is 2. The number of hydrogen-bond donors (Lipinski definition) is 2. The third-order valence-corrected chi connectivity index (χ3v) is 4.37. The predicted octanol–water partition coefficient (Wildman–Crippen LogP) is 0.0934. The first kappa shape index (κ1) is 18.1. The van der Waals surface area contributed by atoms with Crippen LogP contribution in [-0.4, -0.2) is 57.2 Å². The third-order valence-electron chi connectivity index (χ3n) is 4.37. The highest BCUT2D eigenvalue weighted by Crippen LogP contribution is 2.08. The number of piperazine rings is 1. The van der Waals surface area contributed by atoms with Gasteiger partial charge in [-0.2, -0.15) is 5.10 Å². The van der Waals surface area contributed by atoms with Crippen molar-refractivity contribution in [2.75, 3.05) is 19.6 Å². The highest BCUT2D eigenvalue weighted by molar-refractivity contribution is 5.88. The summed E-state index contributed by atoms with van der Waals surface area (Å²) in [6.07, 6.45) is 7.41. The van der Waals surface area contributed by atoms with Crippen LogP contribution >= 0.6 is 0 Å². The molecule has 3 heterocycles. The summed E-state index contributed by atoms with van der Waals surface area (Å²) in [7, 11) is 0. The molecule has 0 radical (unpaired) electrons. The molecule has 8 nitrogen and oxygen atoms in total. The molecule has 0 unspecified atom stereocenters. The highest BCUT2D eigenvalue weighted by atomic mass is 16.2. The SMILES string of the molecule is Cc1cnn(CCC(=O)N2CCNC[C@@H]2C(=O)NCc2cccnc2)c1.